The maximum Gasteiger partial charge on any atom is 0.407 e. The van der Waals surface area contributed by atoms with E-state index in [4.69, 9.17) is 4.74 Å². The van der Waals surface area contributed by atoms with Crippen molar-refractivity contribution in [3.05, 3.63) is 0 Å². The van der Waals surface area contributed by atoms with Crippen LogP contribution in [0.4, 0.5) is 4.79 Å². The summed E-state index contributed by atoms with van der Waals surface area (Å²) in [5.41, 5.74) is -0.516. The second-order valence-corrected chi connectivity index (χ2v) is 8.22. The minimum atomic E-state index is -0.516. The quantitative estimate of drug-likeness (QED) is 0.492. The number of alkyl carbamates (subject to hydrolysis) is 1. The number of nitrogens with one attached hydrogen (secondary N) is 2. The second-order valence-electron chi connectivity index (χ2n) is 8.22. The molecule has 0 aliphatic heterocycles. The van der Waals surface area contributed by atoms with Crippen LogP contribution in [0.15, 0.2) is 4.99 Å². The smallest absolute Gasteiger partial charge is 0.407 e. The summed E-state index contributed by atoms with van der Waals surface area (Å²) in [5.74, 6) is 1.07. The predicted molar refractivity (Wildman–Crippen MR) is 110 cm³/mol. The molecular formula is C19H39N5O3. The Hall–Kier alpha value is -1.99. The van der Waals surface area contributed by atoms with E-state index in [0.717, 1.165) is 12.4 Å². The first-order valence-corrected chi connectivity index (χ1v) is 9.48. The lowest BCUT2D eigenvalue weighted by Gasteiger charge is -2.28. The van der Waals surface area contributed by atoms with Gasteiger partial charge in [0.15, 0.2) is 5.96 Å². The summed E-state index contributed by atoms with van der Waals surface area (Å²) in [6.07, 6.45) is 0.771. The largest absolute Gasteiger partial charge is 0.444 e. The highest BCUT2D eigenvalue weighted by molar-refractivity contribution is 5.81. The molecule has 0 rings (SSSR count). The number of guanidine groups is 1. The highest BCUT2D eigenvalue weighted by atomic mass is 16.6. The number of amides is 2. The average Bonchev–Trinajstić information content (AvgIpc) is 2.52. The summed E-state index contributed by atoms with van der Waals surface area (Å²) in [5, 5.41) is 6.15. The number of rotatable bonds is 8. The minimum absolute atomic E-state index is 0.00396. The van der Waals surface area contributed by atoms with Gasteiger partial charge in [0, 0.05) is 53.7 Å². The number of carbonyl (C=O) groups is 2. The molecule has 158 valence electrons. The molecule has 0 aliphatic carbocycles. The zero-order valence-corrected chi connectivity index (χ0v) is 18.5. The third-order valence-corrected chi connectivity index (χ3v) is 3.98. The average molecular weight is 386 g/mol. The van der Waals surface area contributed by atoms with Gasteiger partial charge in [-0.3, -0.25) is 9.79 Å². The van der Waals surface area contributed by atoms with Crippen molar-refractivity contribution in [3.8, 4) is 0 Å². The topological polar surface area (TPSA) is 86.3 Å². The van der Waals surface area contributed by atoms with Crippen LogP contribution in [0.2, 0.25) is 0 Å². The minimum Gasteiger partial charge on any atom is -0.444 e. The third kappa shape index (κ3) is 11.4. The molecular weight excluding hydrogens is 346 g/mol. The van der Waals surface area contributed by atoms with Crippen molar-refractivity contribution in [3.63, 3.8) is 0 Å². The molecule has 1 atom stereocenters. The maximum atomic E-state index is 12.0. The van der Waals surface area contributed by atoms with Crippen molar-refractivity contribution in [1.82, 2.24) is 20.4 Å². The fourth-order valence-corrected chi connectivity index (χ4v) is 2.36. The van der Waals surface area contributed by atoms with Crippen LogP contribution in [0.25, 0.3) is 0 Å². The number of carbonyl (C=O) groups excluding carboxylic acids is 2. The van der Waals surface area contributed by atoms with Crippen LogP contribution >= 0.6 is 0 Å². The zero-order chi connectivity index (χ0) is 21.2. The van der Waals surface area contributed by atoms with E-state index in [9.17, 15) is 9.59 Å². The molecule has 0 fully saturated rings. The fourth-order valence-electron chi connectivity index (χ4n) is 2.36. The lowest BCUT2D eigenvalue weighted by Crippen LogP contribution is -2.45. The number of nitrogens with zero attached hydrogens (tertiary/aromatic N) is 3. The Labute approximate surface area is 164 Å². The molecule has 1 unspecified atom stereocenters. The molecule has 27 heavy (non-hydrogen) atoms. The molecule has 0 aromatic rings. The number of hydrogen-bond acceptors (Lipinski definition) is 4. The first-order chi connectivity index (χ1) is 12.4. The van der Waals surface area contributed by atoms with E-state index in [1.165, 1.54) is 0 Å². The maximum absolute atomic E-state index is 12.0. The van der Waals surface area contributed by atoms with Gasteiger partial charge < -0.3 is 25.2 Å². The third-order valence-electron chi connectivity index (χ3n) is 3.98. The van der Waals surface area contributed by atoms with Crippen molar-refractivity contribution >= 4 is 18.0 Å². The Bertz CT molecular complexity index is 498. The summed E-state index contributed by atoms with van der Waals surface area (Å²) in [6.45, 7) is 10.9. The SMILES string of the molecule is CN=C(NCCC(=O)N(C)C)N(C)CCC(NC(=O)OC(C)(C)C)C(C)C. The summed E-state index contributed by atoms with van der Waals surface area (Å²) in [6, 6.07) is -0.00396. The molecule has 0 radical (unpaired) electrons. The molecule has 2 amide bonds. The van der Waals surface area contributed by atoms with Gasteiger partial charge in [0.1, 0.15) is 5.60 Å². The van der Waals surface area contributed by atoms with Crippen LogP contribution < -0.4 is 10.6 Å². The molecule has 0 heterocycles. The molecule has 8 nitrogen and oxygen atoms in total. The van der Waals surface area contributed by atoms with Gasteiger partial charge in [0.2, 0.25) is 5.91 Å². The number of hydrogen-bond donors (Lipinski definition) is 2. The van der Waals surface area contributed by atoms with E-state index < -0.39 is 11.7 Å². The Morgan fingerprint density at radius 1 is 1.15 bits per heavy atom. The molecule has 0 spiro atoms. The summed E-state index contributed by atoms with van der Waals surface area (Å²) < 4.78 is 5.35. The highest BCUT2D eigenvalue weighted by Gasteiger charge is 2.22. The standard InChI is InChI=1S/C19H39N5O3/c1-14(2)15(22-18(26)27-19(3,4)5)11-13-24(9)17(20-6)21-12-10-16(25)23(7)8/h14-15H,10-13H2,1-9H3,(H,20,21)(H,22,26). The van der Waals surface area contributed by atoms with E-state index in [1.54, 1.807) is 26.0 Å². The van der Waals surface area contributed by atoms with Crippen LogP contribution in [0.5, 0.6) is 0 Å². The monoisotopic (exact) mass is 385 g/mol. The van der Waals surface area contributed by atoms with Crippen molar-refractivity contribution in [2.45, 2.75) is 59.1 Å². The Kier molecular flexibility index (Phi) is 10.8. The summed E-state index contributed by atoms with van der Waals surface area (Å²) in [7, 11) is 7.14. The van der Waals surface area contributed by atoms with E-state index in [1.807, 2.05) is 32.7 Å². The molecule has 0 bridgehead atoms. The van der Waals surface area contributed by atoms with Crippen LogP contribution in [0.1, 0.15) is 47.5 Å². The first-order valence-electron chi connectivity index (χ1n) is 9.48. The van der Waals surface area contributed by atoms with Gasteiger partial charge in [-0.25, -0.2) is 4.79 Å². The van der Waals surface area contributed by atoms with Gasteiger partial charge in [-0.1, -0.05) is 13.8 Å². The molecule has 2 N–H and O–H groups in total. The second kappa shape index (κ2) is 11.7. The normalized spacial score (nSPS) is 13.2. The van der Waals surface area contributed by atoms with E-state index in [2.05, 4.69) is 29.5 Å². The zero-order valence-electron chi connectivity index (χ0n) is 18.5. The van der Waals surface area contributed by atoms with E-state index in [0.29, 0.717) is 19.5 Å². The molecule has 0 aromatic carbocycles. The van der Waals surface area contributed by atoms with Crippen LogP contribution in [0.3, 0.4) is 0 Å². The van der Waals surface area contributed by atoms with Crippen molar-refractivity contribution in [2.24, 2.45) is 10.9 Å². The lowest BCUT2D eigenvalue weighted by atomic mass is 10.0. The van der Waals surface area contributed by atoms with E-state index >= 15 is 0 Å². The Balaban J connectivity index is 4.55. The number of ether oxygens (including phenoxy) is 1. The number of aliphatic imine (C=N–C) groups is 1. The van der Waals surface area contributed by atoms with Crippen LogP contribution in [0, 0.1) is 5.92 Å². The van der Waals surface area contributed by atoms with Gasteiger partial charge in [0.05, 0.1) is 0 Å². The van der Waals surface area contributed by atoms with Crippen molar-refractivity contribution in [2.75, 3.05) is 41.3 Å². The molecule has 0 aromatic heterocycles. The van der Waals surface area contributed by atoms with Gasteiger partial charge >= 0.3 is 6.09 Å². The van der Waals surface area contributed by atoms with Gasteiger partial charge in [-0.15, -0.1) is 0 Å². The fraction of sp³-hybridized carbons (Fsp3) is 0.842. The van der Waals surface area contributed by atoms with Crippen LogP contribution in [-0.2, 0) is 9.53 Å². The highest BCUT2D eigenvalue weighted by Crippen LogP contribution is 2.11. The Morgan fingerprint density at radius 3 is 2.19 bits per heavy atom. The van der Waals surface area contributed by atoms with Gasteiger partial charge in [0.25, 0.3) is 0 Å². The van der Waals surface area contributed by atoms with Crippen molar-refractivity contribution < 1.29 is 14.3 Å². The molecule has 0 saturated carbocycles. The Morgan fingerprint density at radius 2 is 1.74 bits per heavy atom. The van der Waals surface area contributed by atoms with E-state index in [-0.39, 0.29) is 17.9 Å². The molecule has 0 aliphatic rings. The van der Waals surface area contributed by atoms with Gasteiger partial charge in [-0.2, -0.15) is 0 Å². The van der Waals surface area contributed by atoms with Gasteiger partial charge in [-0.05, 0) is 33.1 Å². The predicted octanol–water partition coefficient (Wildman–Crippen LogP) is 1.91. The first kappa shape index (κ1) is 25.0. The van der Waals surface area contributed by atoms with Crippen molar-refractivity contribution in [1.29, 1.82) is 0 Å². The molecule has 8 heteroatoms. The lowest BCUT2D eigenvalue weighted by molar-refractivity contribution is -0.128. The molecule has 0 saturated heterocycles. The van der Waals surface area contributed by atoms with Crippen LogP contribution in [-0.4, -0.2) is 80.7 Å². The summed E-state index contributed by atoms with van der Waals surface area (Å²) in [4.78, 5) is 31.5. The summed E-state index contributed by atoms with van der Waals surface area (Å²) >= 11 is 0.